The summed E-state index contributed by atoms with van der Waals surface area (Å²) in [6, 6.07) is 20.4. The van der Waals surface area contributed by atoms with Crippen LogP contribution in [0.3, 0.4) is 0 Å². The van der Waals surface area contributed by atoms with Crippen molar-refractivity contribution >= 4 is 17.5 Å². The highest BCUT2D eigenvalue weighted by molar-refractivity contribution is 6.10. The van der Waals surface area contributed by atoms with Gasteiger partial charge in [0.05, 0.1) is 5.71 Å². The molecule has 180 valence electrons. The van der Waals surface area contributed by atoms with Gasteiger partial charge in [0.2, 0.25) is 0 Å². The number of fused-ring (bicyclic) bond motifs is 3. The first-order valence-electron chi connectivity index (χ1n) is 12.4. The van der Waals surface area contributed by atoms with Crippen molar-refractivity contribution in [2.75, 3.05) is 0 Å². The number of carbonyl (C=O) groups is 2. The van der Waals surface area contributed by atoms with Crippen molar-refractivity contribution < 1.29 is 14.4 Å². The van der Waals surface area contributed by atoms with Crippen LogP contribution in [-0.2, 0) is 15.0 Å². The Balaban J connectivity index is 1.87. The van der Waals surface area contributed by atoms with E-state index in [1.807, 2.05) is 50.2 Å². The van der Waals surface area contributed by atoms with Gasteiger partial charge in [0.25, 0.3) is 0 Å². The Morgan fingerprint density at radius 3 is 1.97 bits per heavy atom. The first-order valence-corrected chi connectivity index (χ1v) is 12.4. The third-order valence-corrected chi connectivity index (χ3v) is 7.09. The molecule has 0 saturated carbocycles. The number of aryl methyl sites for hydroxylation is 1. The average molecular weight is 468 g/mol. The van der Waals surface area contributed by atoms with Crippen LogP contribution in [0.25, 0.3) is 11.1 Å². The molecule has 0 aliphatic heterocycles. The van der Waals surface area contributed by atoms with Crippen LogP contribution < -0.4 is 0 Å². The molecular formula is C31H33NO3. The minimum absolute atomic E-state index is 0.0637. The highest BCUT2D eigenvalue weighted by atomic mass is 16.7. The minimum atomic E-state index is -0.435. The lowest BCUT2D eigenvalue weighted by Gasteiger charge is -2.32. The van der Waals surface area contributed by atoms with Gasteiger partial charge in [-0.25, -0.2) is 4.79 Å². The fourth-order valence-corrected chi connectivity index (χ4v) is 5.55. The van der Waals surface area contributed by atoms with Gasteiger partial charge in [-0.2, -0.15) is 0 Å². The lowest BCUT2D eigenvalue weighted by Crippen LogP contribution is -2.25. The maximum atomic E-state index is 13.5. The smallest absolute Gasteiger partial charge is 0.318 e. The maximum Gasteiger partial charge on any atom is 0.331 e. The molecule has 1 aliphatic carbocycles. The molecule has 0 N–H and O–H groups in total. The highest BCUT2D eigenvalue weighted by Gasteiger charge is 2.42. The van der Waals surface area contributed by atoms with E-state index in [1.54, 1.807) is 0 Å². The van der Waals surface area contributed by atoms with Crippen LogP contribution in [0.4, 0.5) is 0 Å². The lowest BCUT2D eigenvalue weighted by atomic mass is 9.71. The van der Waals surface area contributed by atoms with E-state index in [0.29, 0.717) is 5.71 Å². The van der Waals surface area contributed by atoms with E-state index in [4.69, 9.17) is 4.84 Å². The summed E-state index contributed by atoms with van der Waals surface area (Å²) in [7, 11) is 0. The molecule has 0 fully saturated rings. The van der Waals surface area contributed by atoms with Gasteiger partial charge < -0.3 is 4.84 Å². The number of oxime groups is 1. The van der Waals surface area contributed by atoms with Crippen molar-refractivity contribution in [2.45, 2.75) is 65.7 Å². The predicted molar refractivity (Wildman–Crippen MR) is 141 cm³/mol. The van der Waals surface area contributed by atoms with Crippen LogP contribution in [0.1, 0.15) is 91.6 Å². The number of carbonyl (C=O) groups excluding carboxylic acids is 2. The van der Waals surface area contributed by atoms with Crippen LogP contribution in [0.5, 0.6) is 0 Å². The second-order valence-electron chi connectivity index (χ2n) is 9.51. The zero-order chi connectivity index (χ0) is 25.2. The predicted octanol–water partition coefficient (Wildman–Crippen LogP) is 7.38. The van der Waals surface area contributed by atoms with Crippen LogP contribution in [0.2, 0.25) is 0 Å². The van der Waals surface area contributed by atoms with E-state index < -0.39 is 5.97 Å². The monoisotopic (exact) mass is 467 g/mol. The zero-order valence-electron chi connectivity index (χ0n) is 21.3. The number of hydrogen-bond acceptors (Lipinski definition) is 4. The molecule has 0 heterocycles. The Kier molecular flexibility index (Phi) is 7.02. The number of ketones is 1. The van der Waals surface area contributed by atoms with Crippen molar-refractivity contribution in [3.8, 4) is 11.1 Å². The molecule has 0 amide bonds. The molecule has 3 aromatic rings. The summed E-state index contributed by atoms with van der Waals surface area (Å²) in [5, 5.41) is 4.01. The molecule has 0 atom stereocenters. The van der Waals surface area contributed by atoms with E-state index in [0.717, 1.165) is 47.9 Å². The molecule has 4 rings (SSSR count). The van der Waals surface area contributed by atoms with Gasteiger partial charge in [0.15, 0.2) is 5.78 Å². The SMILES string of the molecule is CCCC1(CCC)c2cc(C(=O)c3ccccc3C)ccc2-c2ccc(/C(C)=N/OC(C)=O)cc21. The maximum absolute atomic E-state index is 13.5. The standard InChI is InChI=1S/C31H33NO3/c1-6-16-31(17-7-2)28-18-23(21(4)32-35-22(5)33)12-14-26(28)27-15-13-24(19-29(27)31)30(34)25-11-9-8-10-20(25)3/h8-15,18-19H,6-7,16-17H2,1-5H3/b32-21+. The zero-order valence-corrected chi connectivity index (χ0v) is 21.3. The quantitative estimate of drug-likeness (QED) is 0.150. The van der Waals surface area contributed by atoms with E-state index in [1.165, 1.54) is 29.2 Å². The molecule has 4 nitrogen and oxygen atoms in total. The second-order valence-corrected chi connectivity index (χ2v) is 9.51. The molecule has 0 unspecified atom stereocenters. The van der Waals surface area contributed by atoms with Gasteiger partial charge in [0.1, 0.15) is 0 Å². The van der Waals surface area contributed by atoms with Crippen LogP contribution in [-0.4, -0.2) is 17.5 Å². The third-order valence-electron chi connectivity index (χ3n) is 7.09. The molecule has 35 heavy (non-hydrogen) atoms. The summed E-state index contributed by atoms with van der Waals surface area (Å²) in [5.41, 5.74) is 8.81. The number of nitrogens with zero attached hydrogens (tertiary/aromatic N) is 1. The van der Waals surface area contributed by atoms with Gasteiger partial charge >= 0.3 is 5.97 Å². The van der Waals surface area contributed by atoms with Crippen LogP contribution in [0, 0.1) is 6.92 Å². The average Bonchev–Trinajstić information content (AvgIpc) is 3.11. The van der Waals surface area contributed by atoms with Crippen molar-refractivity contribution in [2.24, 2.45) is 5.16 Å². The summed E-state index contributed by atoms with van der Waals surface area (Å²) < 4.78 is 0. The molecule has 0 spiro atoms. The van der Waals surface area contributed by atoms with E-state index in [-0.39, 0.29) is 11.2 Å². The summed E-state index contributed by atoms with van der Waals surface area (Å²) in [5.74, 6) is -0.371. The van der Waals surface area contributed by atoms with E-state index in [9.17, 15) is 9.59 Å². The number of benzene rings is 3. The normalized spacial score (nSPS) is 13.8. The van der Waals surface area contributed by atoms with Gasteiger partial charge in [-0.05, 0) is 72.2 Å². The molecule has 1 aliphatic rings. The summed E-state index contributed by atoms with van der Waals surface area (Å²) in [6.45, 7) is 9.62. The fourth-order valence-electron chi connectivity index (χ4n) is 5.55. The summed E-state index contributed by atoms with van der Waals surface area (Å²) in [4.78, 5) is 29.6. The third kappa shape index (κ3) is 4.45. The van der Waals surface area contributed by atoms with E-state index in [2.05, 4.69) is 43.3 Å². The minimum Gasteiger partial charge on any atom is -0.318 e. The second kappa shape index (κ2) is 9.99. The van der Waals surface area contributed by atoms with Gasteiger partial charge in [-0.3, -0.25) is 4.79 Å². The fraction of sp³-hybridized carbons (Fsp3) is 0.323. The lowest BCUT2D eigenvalue weighted by molar-refractivity contribution is -0.140. The van der Waals surface area contributed by atoms with Crippen molar-refractivity contribution in [3.05, 3.63) is 94.0 Å². The summed E-state index contributed by atoms with van der Waals surface area (Å²) >= 11 is 0. The number of rotatable bonds is 8. The molecule has 0 bridgehead atoms. The molecule has 0 radical (unpaired) electrons. The van der Waals surface area contributed by atoms with Crippen LogP contribution in [0.15, 0.2) is 65.8 Å². The Morgan fingerprint density at radius 1 is 0.829 bits per heavy atom. The van der Waals surface area contributed by atoms with Gasteiger partial charge in [0, 0.05) is 23.5 Å². The van der Waals surface area contributed by atoms with Gasteiger partial charge in [-0.15, -0.1) is 0 Å². The van der Waals surface area contributed by atoms with E-state index >= 15 is 0 Å². The Bertz CT molecular complexity index is 1310. The molecule has 0 aromatic heterocycles. The summed E-state index contributed by atoms with van der Waals surface area (Å²) in [6.07, 6.45) is 4.04. The Labute approximate surface area is 208 Å². The molecular weight excluding hydrogens is 434 g/mol. The van der Waals surface area contributed by atoms with Crippen molar-refractivity contribution in [1.29, 1.82) is 0 Å². The molecule has 0 saturated heterocycles. The van der Waals surface area contributed by atoms with Crippen LogP contribution >= 0.6 is 0 Å². The number of hydrogen-bond donors (Lipinski definition) is 0. The topological polar surface area (TPSA) is 55.7 Å². The van der Waals surface area contributed by atoms with Crippen molar-refractivity contribution in [1.82, 2.24) is 0 Å². The van der Waals surface area contributed by atoms with Crippen molar-refractivity contribution in [3.63, 3.8) is 0 Å². The molecule has 4 heteroatoms. The Morgan fingerprint density at radius 2 is 1.40 bits per heavy atom. The first kappa shape index (κ1) is 24.6. The first-order chi connectivity index (χ1) is 16.8. The largest absolute Gasteiger partial charge is 0.331 e. The van der Waals surface area contributed by atoms with Gasteiger partial charge in [-0.1, -0.05) is 80.4 Å². The Hall–Kier alpha value is -3.53. The highest BCUT2D eigenvalue weighted by Crippen LogP contribution is 2.54. The molecule has 3 aromatic carbocycles.